The van der Waals surface area contributed by atoms with Crippen LogP contribution in [0.5, 0.6) is 0 Å². The zero-order valence-electron chi connectivity index (χ0n) is 10.5. The molecule has 2 N–H and O–H groups in total. The summed E-state index contributed by atoms with van der Waals surface area (Å²) in [6.07, 6.45) is 4.49. The molecule has 0 aromatic rings. The Bertz CT molecular complexity index is 261. The molecule has 2 aliphatic rings. The van der Waals surface area contributed by atoms with Gasteiger partial charge in [0.05, 0.1) is 0 Å². The second-order valence-electron chi connectivity index (χ2n) is 5.90. The van der Waals surface area contributed by atoms with E-state index in [4.69, 9.17) is 5.73 Å². The molecular weight excluding hydrogens is 200 g/mol. The van der Waals surface area contributed by atoms with Crippen LogP contribution < -0.4 is 5.73 Å². The zero-order chi connectivity index (χ0) is 11.7. The summed E-state index contributed by atoms with van der Waals surface area (Å²) in [6.45, 7) is 6.20. The van der Waals surface area contributed by atoms with Gasteiger partial charge >= 0.3 is 0 Å². The van der Waals surface area contributed by atoms with Gasteiger partial charge in [0, 0.05) is 25.0 Å². The number of nitrogens with two attached hydrogens (primary N) is 1. The van der Waals surface area contributed by atoms with E-state index in [9.17, 15) is 4.79 Å². The molecule has 1 aliphatic carbocycles. The van der Waals surface area contributed by atoms with Crippen LogP contribution in [0.4, 0.5) is 0 Å². The van der Waals surface area contributed by atoms with Crippen molar-refractivity contribution in [1.82, 2.24) is 4.90 Å². The largest absolute Gasteiger partial charge is 0.341 e. The Morgan fingerprint density at radius 2 is 2.06 bits per heavy atom. The topological polar surface area (TPSA) is 46.3 Å². The minimum atomic E-state index is 0.193. The maximum atomic E-state index is 11.9. The third-order valence-corrected chi connectivity index (χ3v) is 3.82. The number of hydrogen-bond acceptors (Lipinski definition) is 2. The Kier molecular flexibility index (Phi) is 3.53. The Morgan fingerprint density at radius 3 is 2.56 bits per heavy atom. The van der Waals surface area contributed by atoms with Gasteiger partial charge in [-0.3, -0.25) is 4.79 Å². The van der Waals surface area contributed by atoms with E-state index >= 15 is 0 Å². The van der Waals surface area contributed by atoms with Crippen LogP contribution >= 0.6 is 0 Å². The zero-order valence-corrected chi connectivity index (χ0v) is 10.5. The molecule has 0 radical (unpaired) electrons. The summed E-state index contributed by atoms with van der Waals surface area (Å²) < 4.78 is 0. The van der Waals surface area contributed by atoms with Crippen molar-refractivity contribution < 1.29 is 4.79 Å². The first-order chi connectivity index (χ1) is 7.58. The highest BCUT2D eigenvalue weighted by atomic mass is 16.2. The van der Waals surface area contributed by atoms with Crippen molar-refractivity contribution in [3.8, 4) is 0 Å². The molecule has 0 bridgehead atoms. The molecule has 1 amide bonds. The number of carbonyl (C=O) groups excluding carboxylic acids is 1. The fourth-order valence-corrected chi connectivity index (χ4v) is 2.72. The lowest BCUT2D eigenvalue weighted by molar-refractivity contribution is -0.134. The Hall–Kier alpha value is -0.570. The molecule has 3 nitrogen and oxygen atoms in total. The monoisotopic (exact) mass is 224 g/mol. The van der Waals surface area contributed by atoms with Crippen LogP contribution in [-0.2, 0) is 4.79 Å². The first-order valence-electron chi connectivity index (χ1n) is 6.62. The van der Waals surface area contributed by atoms with Gasteiger partial charge in [0.15, 0.2) is 0 Å². The van der Waals surface area contributed by atoms with Gasteiger partial charge in [-0.05, 0) is 37.5 Å². The van der Waals surface area contributed by atoms with Gasteiger partial charge in [0.1, 0.15) is 0 Å². The predicted octanol–water partition coefficient (Wildman–Crippen LogP) is 1.62. The smallest absolute Gasteiger partial charge is 0.225 e. The van der Waals surface area contributed by atoms with Gasteiger partial charge in [-0.15, -0.1) is 0 Å². The summed E-state index contributed by atoms with van der Waals surface area (Å²) in [5.41, 5.74) is 6.18. The first kappa shape index (κ1) is 11.9. The van der Waals surface area contributed by atoms with Crippen molar-refractivity contribution in [3.05, 3.63) is 0 Å². The molecule has 3 heteroatoms. The molecule has 16 heavy (non-hydrogen) atoms. The number of likely N-dealkylation sites (tertiary alicyclic amines) is 1. The normalized spacial score (nSPS) is 30.9. The molecule has 2 rings (SSSR count). The van der Waals surface area contributed by atoms with Gasteiger partial charge in [-0.1, -0.05) is 13.8 Å². The fraction of sp³-hybridized carbons (Fsp3) is 0.923. The second kappa shape index (κ2) is 4.74. The molecule has 0 aromatic heterocycles. The molecule has 92 valence electrons. The predicted molar refractivity (Wildman–Crippen MR) is 64.8 cm³/mol. The molecule has 2 unspecified atom stereocenters. The van der Waals surface area contributed by atoms with Crippen molar-refractivity contribution in [2.24, 2.45) is 23.5 Å². The van der Waals surface area contributed by atoms with Crippen molar-refractivity contribution in [3.63, 3.8) is 0 Å². The van der Waals surface area contributed by atoms with Gasteiger partial charge in [-0.2, -0.15) is 0 Å². The van der Waals surface area contributed by atoms with Crippen LogP contribution in [0.3, 0.4) is 0 Å². The van der Waals surface area contributed by atoms with E-state index < -0.39 is 0 Å². The maximum Gasteiger partial charge on any atom is 0.225 e. The average molecular weight is 224 g/mol. The van der Waals surface area contributed by atoms with Gasteiger partial charge in [0.2, 0.25) is 5.91 Å². The minimum absolute atomic E-state index is 0.193. The van der Waals surface area contributed by atoms with Crippen LogP contribution in [0, 0.1) is 17.8 Å². The first-order valence-corrected chi connectivity index (χ1v) is 6.62. The van der Waals surface area contributed by atoms with Crippen LogP contribution in [0.25, 0.3) is 0 Å². The SMILES string of the molecule is CC(C)CC1CCN(C(=O)C2CC2)CC1N. The Balaban J connectivity index is 1.84. The number of rotatable bonds is 3. The summed E-state index contributed by atoms with van der Waals surface area (Å²) in [7, 11) is 0. The van der Waals surface area contributed by atoms with Crippen molar-refractivity contribution in [2.45, 2.75) is 45.6 Å². The van der Waals surface area contributed by atoms with E-state index in [1.165, 1.54) is 6.42 Å². The summed E-state index contributed by atoms with van der Waals surface area (Å²) in [5, 5.41) is 0. The lowest BCUT2D eigenvalue weighted by atomic mass is 9.85. The highest BCUT2D eigenvalue weighted by molar-refractivity contribution is 5.81. The van der Waals surface area contributed by atoms with E-state index in [1.54, 1.807) is 0 Å². The van der Waals surface area contributed by atoms with E-state index in [1.807, 2.05) is 4.90 Å². The number of hydrogen-bond donors (Lipinski definition) is 1. The Morgan fingerprint density at radius 1 is 1.38 bits per heavy atom. The lowest BCUT2D eigenvalue weighted by Crippen LogP contribution is -2.51. The molecule has 1 saturated heterocycles. The number of nitrogens with zero attached hydrogens (tertiary/aromatic N) is 1. The Labute approximate surface area is 98.4 Å². The van der Waals surface area contributed by atoms with Crippen molar-refractivity contribution in [1.29, 1.82) is 0 Å². The van der Waals surface area contributed by atoms with Crippen molar-refractivity contribution in [2.75, 3.05) is 13.1 Å². The molecule has 2 fully saturated rings. The molecule has 0 spiro atoms. The summed E-state index contributed by atoms with van der Waals surface area (Å²) >= 11 is 0. The van der Waals surface area contributed by atoms with Gasteiger partial charge in [-0.25, -0.2) is 0 Å². The third-order valence-electron chi connectivity index (χ3n) is 3.82. The highest BCUT2D eigenvalue weighted by Crippen LogP contribution is 2.33. The van der Waals surface area contributed by atoms with E-state index in [0.717, 1.165) is 32.4 Å². The summed E-state index contributed by atoms with van der Waals surface area (Å²) in [4.78, 5) is 13.9. The van der Waals surface area contributed by atoms with Crippen LogP contribution in [0.15, 0.2) is 0 Å². The van der Waals surface area contributed by atoms with Crippen molar-refractivity contribution >= 4 is 5.91 Å². The number of piperidine rings is 1. The second-order valence-corrected chi connectivity index (χ2v) is 5.90. The van der Waals surface area contributed by atoms with Gasteiger partial charge in [0.25, 0.3) is 0 Å². The molecule has 1 aliphatic heterocycles. The average Bonchev–Trinajstić information content (AvgIpc) is 3.03. The fourth-order valence-electron chi connectivity index (χ4n) is 2.72. The lowest BCUT2D eigenvalue weighted by Gasteiger charge is -2.37. The van der Waals surface area contributed by atoms with Crippen LogP contribution in [0.2, 0.25) is 0 Å². The van der Waals surface area contributed by atoms with Crippen LogP contribution in [-0.4, -0.2) is 29.9 Å². The van der Waals surface area contributed by atoms with E-state index in [0.29, 0.717) is 23.7 Å². The molecule has 1 heterocycles. The quantitative estimate of drug-likeness (QED) is 0.792. The highest BCUT2D eigenvalue weighted by Gasteiger charge is 2.36. The molecule has 0 aromatic carbocycles. The van der Waals surface area contributed by atoms with Gasteiger partial charge < -0.3 is 10.6 Å². The molecule has 1 saturated carbocycles. The van der Waals surface area contributed by atoms with E-state index in [-0.39, 0.29) is 6.04 Å². The summed E-state index contributed by atoms with van der Waals surface area (Å²) in [5.74, 6) is 2.03. The maximum absolute atomic E-state index is 11.9. The molecular formula is C13H24N2O. The minimum Gasteiger partial charge on any atom is -0.341 e. The standard InChI is InChI=1S/C13H24N2O/c1-9(2)7-11-5-6-15(8-12(11)14)13(16)10-3-4-10/h9-12H,3-8,14H2,1-2H3. The number of amides is 1. The summed E-state index contributed by atoms with van der Waals surface area (Å²) in [6, 6.07) is 0.193. The third kappa shape index (κ3) is 2.76. The molecule has 2 atom stereocenters. The van der Waals surface area contributed by atoms with Crippen LogP contribution in [0.1, 0.15) is 39.5 Å². The van der Waals surface area contributed by atoms with E-state index in [2.05, 4.69) is 13.8 Å². The number of carbonyl (C=O) groups is 1.